The highest BCUT2D eigenvalue weighted by molar-refractivity contribution is 8.76. The smallest absolute Gasteiger partial charge is 0.282 e. The second-order valence-electron chi connectivity index (χ2n) is 14.1. The standard InChI is InChI=1S/C46H78O6S2/c1-7-47-45(48-8-2,49-9-3)37-25-21-17-13-15-19-23-27-41-29-33-43(34-30-41)39-53-54-40-44-35-31-42(32-36-44)28-24-20-16-14-18-22-26-38-46(50-10-4,51-11-5)52-12-6/h29-36H,7-28,37-40H2,1-6H3. The molecule has 8 heteroatoms. The summed E-state index contributed by atoms with van der Waals surface area (Å²) in [4.78, 5) is 0. The first kappa shape index (κ1) is 49.0. The molecule has 0 aliphatic heterocycles. The van der Waals surface area contributed by atoms with E-state index in [0.717, 1.165) is 37.2 Å². The lowest BCUT2D eigenvalue weighted by Gasteiger charge is -2.32. The van der Waals surface area contributed by atoms with Gasteiger partial charge in [0.15, 0.2) is 0 Å². The van der Waals surface area contributed by atoms with Crippen LogP contribution in [0.2, 0.25) is 0 Å². The molecule has 310 valence electrons. The molecule has 0 N–H and O–H groups in total. The molecule has 0 spiro atoms. The van der Waals surface area contributed by atoms with E-state index in [9.17, 15) is 0 Å². The average Bonchev–Trinajstić information content (AvgIpc) is 3.17. The van der Waals surface area contributed by atoms with Crippen molar-refractivity contribution in [3.8, 4) is 0 Å². The molecule has 54 heavy (non-hydrogen) atoms. The number of rotatable bonds is 37. The van der Waals surface area contributed by atoms with Crippen LogP contribution >= 0.6 is 21.6 Å². The second-order valence-corrected chi connectivity index (χ2v) is 16.5. The second kappa shape index (κ2) is 31.9. The Morgan fingerprint density at radius 1 is 0.333 bits per heavy atom. The number of benzene rings is 2. The Morgan fingerprint density at radius 3 is 0.852 bits per heavy atom. The van der Waals surface area contributed by atoms with Crippen molar-refractivity contribution >= 4 is 21.6 Å². The van der Waals surface area contributed by atoms with Gasteiger partial charge in [-0.1, -0.05) is 134 Å². The van der Waals surface area contributed by atoms with Gasteiger partial charge in [-0.2, -0.15) is 0 Å². The van der Waals surface area contributed by atoms with Gasteiger partial charge >= 0.3 is 0 Å². The predicted molar refractivity (Wildman–Crippen MR) is 232 cm³/mol. The van der Waals surface area contributed by atoms with Crippen molar-refractivity contribution < 1.29 is 28.4 Å². The highest BCUT2D eigenvalue weighted by Gasteiger charge is 2.32. The molecule has 0 bridgehead atoms. The lowest BCUT2D eigenvalue weighted by molar-refractivity contribution is -0.380. The van der Waals surface area contributed by atoms with Crippen LogP contribution in [0, 0.1) is 0 Å². The van der Waals surface area contributed by atoms with E-state index in [1.165, 1.54) is 112 Å². The summed E-state index contributed by atoms with van der Waals surface area (Å²) in [7, 11) is 3.93. The number of hydrogen-bond donors (Lipinski definition) is 0. The molecule has 0 aliphatic rings. The monoisotopic (exact) mass is 791 g/mol. The largest absolute Gasteiger partial charge is 0.328 e. The first-order valence-corrected chi connectivity index (χ1v) is 24.2. The summed E-state index contributed by atoms with van der Waals surface area (Å²) in [6.45, 7) is 15.6. The van der Waals surface area contributed by atoms with Crippen LogP contribution < -0.4 is 0 Å². The third-order valence-electron chi connectivity index (χ3n) is 9.66. The molecule has 0 fully saturated rings. The van der Waals surface area contributed by atoms with Crippen LogP contribution in [-0.4, -0.2) is 51.6 Å². The third kappa shape index (κ3) is 22.0. The van der Waals surface area contributed by atoms with Crippen molar-refractivity contribution in [1.29, 1.82) is 0 Å². The Kier molecular flexibility index (Phi) is 29.0. The van der Waals surface area contributed by atoms with Crippen LogP contribution in [-0.2, 0) is 52.8 Å². The van der Waals surface area contributed by atoms with Crippen molar-refractivity contribution in [3.63, 3.8) is 0 Å². The topological polar surface area (TPSA) is 55.4 Å². The fraction of sp³-hybridized carbons (Fsp3) is 0.739. The van der Waals surface area contributed by atoms with Crippen molar-refractivity contribution in [3.05, 3.63) is 70.8 Å². The fourth-order valence-corrected chi connectivity index (χ4v) is 9.08. The highest BCUT2D eigenvalue weighted by atomic mass is 33.1. The van der Waals surface area contributed by atoms with E-state index in [4.69, 9.17) is 28.4 Å². The summed E-state index contributed by atoms with van der Waals surface area (Å²) in [6.07, 6.45) is 21.4. The molecule has 0 aromatic heterocycles. The summed E-state index contributed by atoms with van der Waals surface area (Å²) >= 11 is 0. The van der Waals surface area contributed by atoms with Gasteiger partial charge < -0.3 is 28.4 Å². The van der Waals surface area contributed by atoms with E-state index in [0.29, 0.717) is 39.6 Å². The van der Waals surface area contributed by atoms with Crippen molar-refractivity contribution in [2.24, 2.45) is 0 Å². The van der Waals surface area contributed by atoms with E-state index in [1.807, 2.05) is 63.1 Å². The van der Waals surface area contributed by atoms with Gasteiger partial charge in [-0.15, -0.1) is 0 Å². The number of ether oxygens (including phenoxy) is 6. The van der Waals surface area contributed by atoms with Crippen LogP contribution in [0.25, 0.3) is 0 Å². The lowest BCUT2D eigenvalue weighted by atomic mass is 10.0. The van der Waals surface area contributed by atoms with E-state index in [1.54, 1.807) is 0 Å². The Morgan fingerprint density at radius 2 is 0.574 bits per heavy atom. The summed E-state index contributed by atoms with van der Waals surface area (Å²) in [6, 6.07) is 18.6. The summed E-state index contributed by atoms with van der Waals surface area (Å²) in [5.41, 5.74) is 5.76. The molecule has 2 rings (SSSR count). The minimum atomic E-state index is -0.851. The Bertz CT molecular complexity index is 1010. The van der Waals surface area contributed by atoms with Crippen LogP contribution in [0.15, 0.2) is 48.5 Å². The molecule has 2 aromatic rings. The molecule has 0 saturated carbocycles. The zero-order valence-electron chi connectivity index (χ0n) is 35.3. The summed E-state index contributed by atoms with van der Waals surface area (Å²) < 4.78 is 35.1. The van der Waals surface area contributed by atoms with Crippen LogP contribution in [0.1, 0.15) is 167 Å². The average molecular weight is 791 g/mol. The maximum atomic E-state index is 5.85. The SMILES string of the molecule is CCOC(CCCCCCCCCc1ccc(CSSCc2ccc(CCCCCCCCCC(OCC)(OCC)OCC)cc2)cc1)(OCC)OCC. The third-order valence-corrected chi connectivity index (χ3v) is 11.9. The summed E-state index contributed by atoms with van der Waals surface area (Å²) in [5.74, 6) is 0.406. The molecule has 0 amide bonds. The zero-order valence-corrected chi connectivity index (χ0v) is 36.9. The van der Waals surface area contributed by atoms with Crippen molar-refractivity contribution in [2.45, 2.75) is 181 Å². The Hall–Kier alpha value is -1.10. The van der Waals surface area contributed by atoms with Gasteiger partial charge in [0.2, 0.25) is 0 Å². The van der Waals surface area contributed by atoms with Gasteiger partial charge in [0, 0.05) is 64.0 Å². The van der Waals surface area contributed by atoms with Gasteiger partial charge in [-0.25, -0.2) is 0 Å². The molecular weight excluding hydrogens is 713 g/mol. The van der Waals surface area contributed by atoms with Gasteiger partial charge in [0.25, 0.3) is 11.9 Å². The van der Waals surface area contributed by atoms with Crippen LogP contribution in [0.4, 0.5) is 0 Å². The first-order chi connectivity index (χ1) is 26.5. The quantitative estimate of drug-likeness (QED) is 0.0381. The first-order valence-electron chi connectivity index (χ1n) is 21.7. The lowest BCUT2D eigenvalue weighted by Crippen LogP contribution is -2.39. The Labute approximate surface area is 339 Å². The highest BCUT2D eigenvalue weighted by Crippen LogP contribution is 2.30. The van der Waals surface area contributed by atoms with E-state index >= 15 is 0 Å². The van der Waals surface area contributed by atoms with Crippen LogP contribution in [0.3, 0.4) is 0 Å². The maximum absolute atomic E-state index is 5.85. The molecular formula is C46H78O6S2. The fourth-order valence-electron chi connectivity index (χ4n) is 6.94. The Balaban J connectivity index is 1.48. The predicted octanol–water partition coefficient (Wildman–Crippen LogP) is 13.6. The molecule has 0 saturated heterocycles. The van der Waals surface area contributed by atoms with E-state index < -0.39 is 11.9 Å². The summed E-state index contributed by atoms with van der Waals surface area (Å²) in [5, 5.41) is 0. The van der Waals surface area contributed by atoms with Gasteiger partial charge in [0.1, 0.15) is 0 Å². The van der Waals surface area contributed by atoms with Crippen molar-refractivity contribution in [2.75, 3.05) is 39.6 Å². The van der Waals surface area contributed by atoms with Gasteiger partial charge in [-0.3, -0.25) is 0 Å². The molecule has 2 aromatic carbocycles. The van der Waals surface area contributed by atoms with Crippen LogP contribution in [0.5, 0.6) is 0 Å². The zero-order chi connectivity index (χ0) is 39.0. The molecule has 0 unspecified atom stereocenters. The van der Waals surface area contributed by atoms with Crippen molar-refractivity contribution in [1.82, 2.24) is 0 Å². The molecule has 0 radical (unpaired) electrons. The number of unbranched alkanes of at least 4 members (excludes halogenated alkanes) is 12. The molecule has 0 heterocycles. The number of hydrogen-bond acceptors (Lipinski definition) is 8. The minimum Gasteiger partial charge on any atom is -0.328 e. The number of aryl methyl sites for hydroxylation is 2. The van der Waals surface area contributed by atoms with E-state index in [-0.39, 0.29) is 0 Å². The van der Waals surface area contributed by atoms with Gasteiger partial charge in [0.05, 0.1) is 0 Å². The molecule has 0 atom stereocenters. The van der Waals surface area contributed by atoms with E-state index in [2.05, 4.69) is 48.5 Å². The molecule has 0 aliphatic carbocycles. The maximum Gasteiger partial charge on any atom is 0.282 e. The van der Waals surface area contributed by atoms with Gasteiger partial charge in [-0.05, 0) is 102 Å². The minimum absolute atomic E-state index is 0.601. The molecule has 6 nitrogen and oxygen atoms in total. The normalized spacial score (nSPS) is 12.2.